The minimum Gasteiger partial charge on any atom is -0.449 e. The molecular weight excluding hydrogens is 446 g/mol. The molecule has 1 spiro atoms. The number of hydrogen-bond acceptors (Lipinski definition) is 6. The smallest absolute Gasteiger partial charge is 0.410 e. The minimum atomic E-state index is -0.754. The summed E-state index contributed by atoms with van der Waals surface area (Å²) in [5.74, 6) is -0.370. The van der Waals surface area contributed by atoms with Gasteiger partial charge in [-0.1, -0.05) is 24.3 Å². The molecule has 2 aromatic rings. The van der Waals surface area contributed by atoms with E-state index in [2.05, 4.69) is 4.90 Å². The van der Waals surface area contributed by atoms with Gasteiger partial charge < -0.3 is 24.2 Å². The van der Waals surface area contributed by atoms with E-state index in [0.29, 0.717) is 56.8 Å². The second-order valence-electron chi connectivity index (χ2n) is 9.81. The molecule has 0 N–H and O–H groups in total. The molecule has 184 valence electrons. The highest BCUT2D eigenvalue weighted by atomic mass is 16.6. The molecular formula is C27H31N3O5. The highest BCUT2D eigenvalue weighted by Gasteiger charge is 2.51. The largest absolute Gasteiger partial charge is 0.449 e. The van der Waals surface area contributed by atoms with Crippen molar-refractivity contribution >= 4 is 23.7 Å². The maximum Gasteiger partial charge on any atom is 0.410 e. The third-order valence-electron chi connectivity index (χ3n) is 7.14. The van der Waals surface area contributed by atoms with Crippen molar-refractivity contribution in [3.8, 4) is 0 Å². The number of carbonyl (C=O) groups excluding carboxylic acids is 3. The maximum absolute atomic E-state index is 13.6. The Balaban J connectivity index is 1.29. The summed E-state index contributed by atoms with van der Waals surface area (Å²) in [6.07, 6.45) is 0.169. The molecule has 3 aliphatic rings. The Morgan fingerprint density at radius 1 is 1.00 bits per heavy atom. The molecule has 8 heteroatoms. The van der Waals surface area contributed by atoms with Crippen LogP contribution in [0.3, 0.4) is 0 Å². The van der Waals surface area contributed by atoms with Crippen molar-refractivity contribution in [3.63, 3.8) is 0 Å². The molecule has 5 rings (SSSR count). The average Bonchev–Trinajstić information content (AvgIpc) is 3.40. The number of aryl methyl sites for hydroxylation is 1. The fourth-order valence-corrected chi connectivity index (χ4v) is 5.24. The fraction of sp³-hybridized carbons (Fsp3) is 0.444. The lowest BCUT2D eigenvalue weighted by Gasteiger charge is -2.36. The summed E-state index contributed by atoms with van der Waals surface area (Å²) in [4.78, 5) is 43.9. The number of rotatable bonds is 3. The van der Waals surface area contributed by atoms with Crippen LogP contribution in [0, 0.1) is 6.92 Å². The second-order valence-corrected chi connectivity index (χ2v) is 9.81. The highest BCUT2D eigenvalue weighted by molar-refractivity contribution is 5.98. The van der Waals surface area contributed by atoms with Gasteiger partial charge >= 0.3 is 12.1 Å². The Bertz CT molecular complexity index is 1170. The lowest BCUT2D eigenvalue weighted by molar-refractivity contribution is -0.00307. The summed E-state index contributed by atoms with van der Waals surface area (Å²) in [7, 11) is 0. The number of benzene rings is 2. The van der Waals surface area contributed by atoms with Gasteiger partial charge in [-0.15, -0.1) is 0 Å². The third kappa shape index (κ3) is 4.22. The number of hydrogen-bond donors (Lipinski definition) is 0. The van der Waals surface area contributed by atoms with Crippen LogP contribution >= 0.6 is 0 Å². The number of carbonyl (C=O) groups is 3. The monoisotopic (exact) mass is 477 g/mol. The SMILES string of the molecule is Cc1ccc(N2CCN(C(=O)OC(C)C)CC2)cc1C(=O)N1CC[C@@]2(C1)OC(=O)c1ccccc12. The van der Waals surface area contributed by atoms with Gasteiger partial charge in [0.15, 0.2) is 5.60 Å². The van der Waals surface area contributed by atoms with E-state index < -0.39 is 5.60 Å². The highest BCUT2D eigenvalue weighted by Crippen LogP contribution is 2.43. The molecule has 8 nitrogen and oxygen atoms in total. The Kier molecular flexibility index (Phi) is 5.91. The second kappa shape index (κ2) is 8.91. The van der Waals surface area contributed by atoms with Crippen LogP contribution in [0.25, 0.3) is 0 Å². The van der Waals surface area contributed by atoms with Gasteiger partial charge in [0.05, 0.1) is 18.2 Å². The lowest BCUT2D eigenvalue weighted by Crippen LogP contribution is -2.49. The summed E-state index contributed by atoms with van der Waals surface area (Å²) in [5.41, 5.74) is 3.23. The molecule has 0 aliphatic carbocycles. The van der Waals surface area contributed by atoms with Gasteiger partial charge in [0.25, 0.3) is 5.91 Å². The zero-order valence-corrected chi connectivity index (χ0v) is 20.5. The van der Waals surface area contributed by atoms with Crippen molar-refractivity contribution in [2.45, 2.75) is 38.9 Å². The number of anilines is 1. The molecule has 0 radical (unpaired) electrons. The molecule has 0 saturated carbocycles. The van der Waals surface area contributed by atoms with Crippen molar-refractivity contribution in [3.05, 3.63) is 64.7 Å². The molecule has 3 heterocycles. The van der Waals surface area contributed by atoms with Gasteiger partial charge in [0, 0.05) is 56.0 Å². The van der Waals surface area contributed by atoms with E-state index in [9.17, 15) is 14.4 Å². The molecule has 0 aromatic heterocycles. The number of amides is 2. The summed E-state index contributed by atoms with van der Waals surface area (Å²) < 4.78 is 11.1. The minimum absolute atomic E-state index is 0.0548. The number of ether oxygens (including phenoxy) is 2. The van der Waals surface area contributed by atoms with E-state index in [4.69, 9.17) is 9.47 Å². The van der Waals surface area contributed by atoms with E-state index >= 15 is 0 Å². The van der Waals surface area contributed by atoms with E-state index in [1.807, 2.05) is 57.2 Å². The van der Waals surface area contributed by atoms with Gasteiger partial charge in [-0.25, -0.2) is 9.59 Å². The number of esters is 1. The molecule has 35 heavy (non-hydrogen) atoms. The zero-order chi connectivity index (χ0) is 24.7. The molecule has 2 amide bonds. The van der Waals surface area contributed by atoms with E-state index in [1.54, 1.807) is 15.9 Å². The molecule has 2 fully saturated rings. The number of nitrogens with zero attached hydrogens (tertiary/aromatic N) is 3. The Morgan fingerprint density at radius 3 is 2.49 bits per heavy atom. The van der Waals surface area contributed by atoms with Crippen LogP contribution in [0.2, 0.25) is 0 Å². The van der Waals surface area contributed by atoms with E-state index in [1.165, 1.54) is 0 Å². The van der Waals surface area contributed by atoms with Crippen LogP contribution in [-0.2, 0) is 15.1 Å². The summed E-state index contributed by atoms with van der Waals surface area (Å²) in [5, 5.41) is 0. The van der Waals surface area contributed by atoms with Crippen LogP contribution in [0.1, 0.15) is 52.1 Å². The Labute approximate surface area is 205 Å². The summed E-state index contributed by atoms with van der Waals surface area (Å²) in [6, 6.07) is 13.4. The van der Waals surface area contributed by atoms with Crippen LogP contribution in [0.5, 0.6) is 0 Å². The van der Waals surface area contributed by atoms with Crippen molar-refractivity contribution in [1.82, 2.24) is 9.80 Å². The quantitative estimate of drug-likeness (QED) is 0.629. The van der Waals surface area contributed by atoms with Gasteiger partial charge in [0.1, 0.15) is 0 Å². The first-order valence-electron chi connectivity index (χ1n) is 12.2. The summed E-state index contributed by atoms with van der Waals surface area (Å²) >= 11 is 0. The van der Waals surface area contributed by atoms with Crippen molar-refractivity contribution < 1.29 is 23.9 Å². The van der Waals surface area contributed by atoms with E-state index in [-0.39, 0.29) is 24.1 Å². The Hall–Kier alpha value is -3.55. The Morgan fingerprint density at radius 2 is 1.74 bits per heavy atom. The van der Waals surface area contributed by atoms with Gasteiger partial charge in [-0.2, -0.15) is 0 Å². The molecule has 2 saturated heterocycles. The van der Waals surface area contributed by atoms with Gasteiger partial charge in [-0.3, -0.25) is 4.79 Å². The lowest BCUT2D eigenvalue weighted by atomic mass is 9.91. The van der Waals surface area contributed by atoms with Crippen LogP contribution in [-0.4, -0.2) is 73.1 Å². The fourth-order valence-electron chi connectivity index (χ4n) is 5.24. The topological polar surface area (TPSA) is 79.4 Å². The van der Waals surface area contributed by atoms with Crippen LogP contribution in [0.4, 0.5) is 10.5 Å². The molecule has 2 aromatic carbocycles. The van der Waals surface area contributed by atoms with E-state index in [0.717, 1.165) is 16.8 Å². The molecule has 1 atom stereocenters. The predicted molar refractivity (Wildman–Crippen MR) is 131 cm³/mol. The normalized spacial score (nSPS) is 21.5. The first-order chi connectivity index (χ1) is 16.8. The first kappa shape index (κ1) is 23.2. The van der Waals surface area contributed by atoms with Crippen molar-refractivity contribution in [1.29, 1.82) is 0 Å². The van der Waals surface area contributed by atoms with Crippen molar-refractivity contribution in [2.75, 3.05) is 44.2 Å². The third-order valence-corrected chi connectivity index (χ3v) is 7.14. The molecule has 0 bridgehead atoms. The van der Waals surface area contributed by atoms with Gasteiger partial charge in [-0.05, 0) is 44.5 Å². The van der Waals surface area contributed by atoms with Gasteiger partial charge in [0.2, 0.25) is 0 Å². The van der Waals surface area contributed by atoms with Crippen LogP contribution in [0.15, 0.2) is 42.5 Å². The standard InChI is InChI=1S/C27H31N3O5/c1-18(2)34-26(33)29-14-12-28(13-15-29)20-9-8-19(3)22(16-20)24(31)30-11-10-27(17-30)23-7-5-4-6-21(23)25(32)35-27/h4-9,16,18H,10-15,17H2,1-3H3/t27-/m0/s1. The zero-order valence-electron chi connectivity index (χ0n) is 20.5. The maximum atomic E-state index is 13.6. The predicted octanol–water partition coefficient (Wildman–Crippen LogP) is 3.57. The number of piperazine rings is 1. The van der Waals surface area contributed by atoms with Crippen molar-refractivity contribution in [2.24, 2.45) is 0 Å². The molecule has 3 aliphatic heterocycles. The number of fused-ring (bicyclic) bond motifs is 2. The average molecular weight is 478 g/mol. The number of likely N-dealkylation sites (tertiary alicyclic amines) is 1. The summed E-state index contributed by atoms with van der Waals surface area (Å²) in [6.45, 7) is 8.99. The molecule has 0 unspecified atom stereocenters. The first-order valence-corrected chi connectivity index (χ1v) is 12.2. The van der Waals surface area contributed by atoms with Crippen LogP contribution < -0.4 is 4.90 Å².